The van der Waals surface area contributed by atoms with E-state index in [1.54, 1.807) is 6.26 Å². The fraction of sp³-hybridized carbons (Fsp3) is 0.0769. The van der Waals surface area contributed by atoms with Crippen molar-refractivity contribution >= 4 is 11.6 Å². The molecule has 0 N–H and O–H groups in total. The van der Waals surface area contributed by atoms with Crippen molar-refractivity contribution in [3.05, 3.63) is 60.1 Å². The molecule has 1 heteroatoms. The fourth-order valence-corrected chi connectivity index (χ4v) is 1.37. The molecule has 2 rings (SSSR count). The SMILES string of the molecule is C/C(=C/c1ccco1)c1ccccc1. The van der Waals surface area contributed by atoms with Crippen LogP contribution in [0.25, 0.3) is 11.6 Å². The first-order valence-electron chi connectivity index (χ1n) is 4.63. The summed E-state index contributed by atoms with van der Waals surface area (Å²) in [5.41, 5.74) is 2.43. The van der Waals surface area contributed by atoms with Crippen LogP contribution in [0, 0.1) is 0 Å². The zero-order valence-electron chi connectivity index (χ0n) is 8.10. The van der Waals surface area contributed by atoms with E-state index in [0.29, 0.717) is 0 Å². The molecule has 1 aromatic heterocycles. The molecule has 0 aliphatic carbocycles. The Bertz CT molecular complexity index is 410. The van der Waals surface area contributed by atoms with Crippen molar-refractivity contribution in [2.24, 2.45) is 0 Å². The molecule has 0 spiro atoms. The highest BCUT2D eigenvalue weighted by molar-refractivity contribution is 5.78. The van der Waals surface area contributed by atoms with Crippen molar-refractivity contribution in [1.29, 1.82) is 0 Å². The van der Waals surface area contributed by atoms with E-state index in [4.69, 9.17) is 4.42 Å². The van der Waals surface area contributed by atoms with Gasteiger partial charge in [0.15, 0.2) is 0 Å². The normalized spacial score (nSPS) is 11.6. The van der Waals surface area contributed by atoms with Gasteiger partial charge in [0, 0.05) is 0 Å². The number of furan rings is 1. The van der Waals surface area contributed by atoms with Crippen LogP contribution in [0.5, 0.6) is 0 Å². The van der Waals surface area contributed by atoms with Crippen LogP contribution in [0.4, 0.5) is 0 Å². The van der Waals surface area contributed by atoms with Crippen LogP contribution in [0.2, 0.25) is 0 Å². The zero-order chi connectivity index (χ0) is 9.80. The summed E-state index contributed by atoms with van der Waals surface area (Å²) in [4.78, 5) is 0. The van der Waals surface area contributed by atoms with Crippen LogP contribution >= 0.6 is 0 Å². The van der Waals surface area contributed by atoms with Crippen molar-refractivity contribution < 1.29 is 4.42 Å². The number of hydrogen-bond donors (Lipinski definition) is 0. The molecule has 1 heterocycles. The van der Waals surface area contributed by atoms with Crippen molar-refractivity contribution in [3.8, 4) is 0 Å². The average molecular weight is 184 g/mol. The summed E-state index contributed by atoms with van der Waals surface area (Å²) in [6.07, 6.45) is 3.72. The summed E-state index contributed by atoms with van der Waals surface area (Å²) in [5.74, 6) is 0.895. The first kappa shape index (κ1) is 8.82. The predicted molar refractivity (Wildman–Crippen MR) is 58.7 cm³/mol. The van der Waals surface area contributed by atoms with Gasteiger partial charge in [0.1, 0.15) is 5.76 Å². The smallest absolute Gasteiger partial charge is 0.126 e. The standard InChI is InChI=1S/C13H12O/c1-11(10-13-8-5-9-14-13)12-6-3-2-4-7-12/h2-10H,1H3/b11-10-. The van der Waals surface area contributed by atoms with Crippen molar-refractivity contribution in [1.82, 2.24) is 0 Å². The highest BCUT2D eigenvalue weighted by atomic mass is 16.3. The van der Waals surface area contributed by atoms with Gasteiger partial charge in [-0.3, -0.25) is 0 Å². The Hall–Kier alpha value is -1.76. The van der Waals surface area contributed by atoms with Gasteiger partial charge >= 0.3 is 0 Å². The topological polar surface area (TPSA) is 13.1 Å². The lowest BCUT2D eigenvalue weighted by Gasteiger charge is -1.99. The fourth-order valence-electron chi connectivity index (χ4n) is 1.37. The third-order valence-electron chi connectivity index (χ3n) is 2.13. The number of allylic oxidation sites excluding steroid dienone is 1. The van der Waals surface area contributed by atoms with E-state index in [1.807, 2.05) is 36.4 Å². The van der Waals surface area contributed by atoms with Gasteiger partial charge in [0.05, 0.1) is 6.26 Å². The summed E-state index contributed by atoms with van der Waals surface area (Å²) in [6, 6.07) is 14.1. The Kier molecular flexibility index (Phi) is 2.50. The minimum Gasteiger partial charge on any atom is -0.465 e. The van der Waals surface area contributed by atoms with Crippen LogP contribution in [-0.4, -0.2) is 0 Å². The maximum atomic E-state index is 5.25. The molecule has 14 heavy (non-hydrogen) atoms. The highest BCUT2D eigenvalue weighted by Crippen LogP contribution is 2.16. The van der Waals surface area contributed by atoms with Gasteiger partial charge in [-0.05, 0) is 36.3 Å². The summed E-state index contributed by atoms with van der Waals surface area (Å²) in [5, 5.41) is 0. The van der Waals surface area contributed by atoms with E-state index in [-0.39, 0.29) is 0 Å². The minimum atomic E-state index is 0.895. The Morgan fingerprint density at radius 2 is 1.86 bits per heavy atom. The second-order valence-electron chi connectivity index (χ2n) is 3.21. The molecule has 0 atom stereocenters. The van der Waals surface area contributed by atoms with E-state index in [1.165, 1.54) is 11.1 Å². The van der Waals surface area contributed by atoms with Gasteiger partial charge in [0.2, 0.25) is 0 Å². The van der Waals surface area contributed by atoms with E-state index in [9.17, 15) is 0 Å². The molecule has 0 bridgehead atoms. The van der Waals surface area contributed by atoms with Gasteiger partial charge in [-0.1, -0.05) is 30.3 Å². The first-order valence-corrected chi connectivity index (χ1v) is 4.63. The second-order valence-corrected chi connectivity index (χ2v) is 3.21. The number of rotatable bonds is 2. The molecule has 0 radical (unpaired) electrons. The Labute approximate surface area is 83.7 Å². The summed E-state index contributed by atoms with van der Waals surface area (Å²) in [7, 11) is 0. The molecule has 0 unspecified atom stereocenters. The average Bonchev–Trinajstić information content (AvgIpc) is 2.72. The first-order chi connectivity index (χ1) is 6.86. The zero-order valence-corrected chi connectivity index (χ0v) is 8.10. The van der Waals surface area contributed by atoms with Gasteiger partial charge in [-0.2, -0.15) is 0 Å². The van der Waals surface area contributed by atoms with Crippen molar-refractivity contribution in [2.75, 3.05) is 0 Å². The highest BCUT2D eigenvalue weighted by Gasteiger charge is 1.95. The number of hydrogen-bond acceptors (Lipinski definition) is 1. The Morgan fingerprint density at radius 1 is 1.07 bits per heavy atom. The lowest BCUT2D eigenvalue weighted by atomic mass is 10.1. The molecule has 70 valence electrons. The Morgan fingerprint density at radius 3 is 2.50 bits per heavy atom. The summed E-state index contributed by atoms with van der Waals surface area (Å²) < 4.78 is 5.25. The van der Waals surface area contributed by atoms with E-state index < -0.39 is 0 Å². The second kappa shape index (κ2) is 3.97. The summed E-state index contributed by atoms with van der Waals surface area (Å²) in [6.45, 7) is 2.08. The van der Waals surface area contributed by atoms with Crippen molar-refractivity contribution in [2.45, 2.75) is 6.92 Å². The van der Waals surface area contributed by atoms with Crippen LogP contribution < -0.4 is 0 Å². The van der Waals surface area contributed by atoms with Crippen LogP contribution in [0.15, 0.2) is 53.1 Å². The minimum absolute atomic E-state index is 0.895. The molecule has 1 aromatic carbocycles. The molecule has 0 fully saturated rings. The maximum Gasteiger partial charge on any atom is 0.126 e. The van der Waals surface area contributed by atoms with Gasteiger partial charge in [0.25, 0.3) is 0 Å². The molecular formula is C13H12O. The maximum absolute atomic E-state index is 5.25. The molecule has 0 saturated carbocycles. The third kappa shape index (κ3) is 1.94. The van der Waals surface area contributed by atoms with Gasteiger partial charge in [-0.25, -0.2) is 0 Å². The van der Waals surface area contributed by atoms with Crippen LogP contribution in [0.1, 0.15) is 18.2 Å². The van der Waals surface area contributed by atoms with Crippen molar-refractivity contribution in [3.63, 3.8) is 0 Å². The largest absolute Gasteiger partial charge is 0.465 e. The third-order valence-corrected chi connectivity index (χ3v) is 2.13. The molecule has 0 saturated heterocycles. The Balaban J connectivity index is 2.29. The van der Waals surface area contributed by atoms with Gasteiger partial charge in [-0.15, -0.1) is 0 Å². The van der Waals surface area contributed by atoms with E-state index in [0.717, 1.165) is 5.76 Å². The van der Waals surface area contributed by atoms with E-state index in [2.05, 4.69) is 19.1 Å². The molecule has 0 aliphatic rings. The predicted octanol–water partition coefficient (Wildman–Crippen LogP) is 3.84. The quantitative estimate of drug-likeness (QED) is 0.691. The molecule has 0 amide bonds. The van der Waals surface area contributed by atoms with Crippen LogP contribution in [-0.2, 0) is 0 Å². The van der Waals surface area contributed by atoms with Gasteiger partial charge < -0.3 is 4.42 Å². The molecular weight excluding hydrogens is 172 g/mol. The number of benzene rings is 1. The van der Waals surface area contributed by atoms with Crippen LogP contribution in [0.3, 0.4) is 0 Å². The summed E-state index contributed by atoms with van der Waals surface area (Å²) >= 11 is 0. The molecule has 1 nitrogen and oxygen atoms in total. The monoisotopic (exact) mass is 184 g/mol. The lowest BCUT2D eigenvalue weighted by Crippen LogP contribution is -1.77. The van der Waals surface area contributed by atoms with E-state index >= 15 is 0 Å². The molecule has 0 aliphatic heterocycles. The molecule has 2 aromatic rings. The lowest BCUT2D eigenvalue weighted by molar-refractivity contribution is 0.557.